The first kappa shape index (κ1) is 23.6. The summed E-state index contributed by atoms with van der Waals surface area (Å²) in [4.78, 5) is 22.6. The largest absolute Gasteiger partial charge is 0.495 e. The van der Waals surface area contributed by atoms with Gasteiger partial charge in [0.15, 0.2) is 0 Å². The number of hydrogen-bond donors (Lipinski definition) is 1. The number of rotatable bonds is 6. The van der Waals surface area contributed by atoms with E-state index in [1.54, 1.807) is 24.0 Å². The molecule has 0 spiro atoms. The van der Waals surface area contributed by atoms with Crippen molar-refractivity contribution in [3.8, 4) is 11.8 Å². The Kier molecular flexibility index (Phi) is 7.44. The van der Waals surface area contributed by atoms with Crippen molar-refractivity contribution in [2.45, 2.75) is 25.2 Å². The van der Waals surface area contributed by atoms with Gasteiger partial charge in [0.2, 0.25) is 11.8 Å². The molecule has 2 aromatic rings. The van der Waals surface area contributed by atoms with Gasteiger partial charge in [0.25, 0.3) is 0 Å². The number of benzene rings is 1. The van der Waals surface area contributed by atoms with Crippen LogP contribution in [0.1, 0.15) is 31.2 Å². The van der Waals surface area contributed by atoms with Gasteiger partial charge in [-0.1, -0.05) is 29.3 Å². The van der Waals surface area contributed by atoms with Crippen molar-refractivity contribution in [2.75, 3.05) is 26.7 Å². The Hall–Kier alpha value is -3.02. The fraction of sp³-hybridized carbons (Fsp3) is 0.364. The molecule has 3 rings (SSSR count). The average molecular weight is 476 g/mol. The van der Waals surface area contributed by atoms with Crippen molar-refractivity contribution in [1.29, 1.82) is 5.26 Å². The third kappa shape index (κ3) is 4.90. The molecule has 8 nitrogen and oxygen atoms in total. The van der Waals surface area contributed by atoms with Crippen LogP contribution in [0, 0.1) is 11.3 Å². The Labute approximate surface area is 196 Å². The second-order valence-electron chi connectivity index (χ2n) is 7.39. The van der Waals surface area contributed by atoms with Gasteiger partial charge in [0.1, 0.15) is 24.3 Å². The Balaban J connectivity index is 1.65. The van der Waals surface area contributed by atoms with E-state index in [4.69, 9.17) is 38.1 Å². The monoisotopic (exact) mass is 475 g/mol. The summed E-state index contributed by atoms with van der Waals surface area (Å²) < 4.78 is 10.4. The van der Waals surface area contributed by atoms with E-state index in [9.17, 15) is 10.1 Å². The Morgan fingerprint density at radius 1 is 1.44 bits per heavy atom. The van der Waals surface area contributed by atoms with Crippen molar-refractivity contribution in [2.24, 2.45) is 10.7 Å². The van der Waals surface area contributed by atoms with Crippen LogP contribution in [0.5, 0.6) is 5.75 Å². The van der Waals surface area contributed by atoms with Crippen LogP contribution >= 0.6 is 23.2 Å². The fourth-order valence-corrected chi connectivity index (χ4v) is 3.90. The summed E-state index contributed by atoms with van der Waals surface area (Å²) in [5.41, 5.74) is 6.62. The van der Waals surface area contributed by atoms with Gasteiger partial charge in [-0.25, -0.2) is 4.98 Å². The van der Waals surface area contributed by atoms with Crippen LogP contribution in [0.3, 0.4) is 0 Å². The number of oxazole rings is 1. The molecule has 1 aliphatic heterocycles. The maximum Gasteiger partial charge on any atom is 0.244 e. The van der Waals surface area contributed by atoms with E-state index in [2.05, 4.69) is 16.0 Å². The number of ether oxygens (including phenoxy) is 1. The van der Waals surface area contributed by atoms with Crippen LogP contribution in [0.25, 0.3) is 5.70 Å². The highest BCUT2D eigenvalue weighted by molar-refractivity contribution is 6.46. The van der Waals surface area contributed by atoms with E-state index in [-0.39, 0.29) is 29.1 Å². The van der Waals surface area contributed by atoms with Crippen LogP contribution < -0.4 is 10.5 Å². The molecule has 1 aromatic heterocycles. The van der Waals surface area contributed by atoms with Gasteiger partial charge in [0.05, 0.1) is 40.6 Å². The smallest absolute Gasteiger partial charge is 0.244 e. The number of nitriles is 1. The molecule has 1 aromatic carbocycles. The van der Waals surface area contributed by atoms with Gasteiger partial charge >= 0.3 is 0 Å². The number of likely N-dealkylation sites (tertiary alicyclic amines) is 1. The molecule has 0 bridgehead atoms. The lowest BCUT2D eigenvalue weighted by atomic mass is 9.74. The Bertz CT molecular complexity index is 1080. The Morgan fingerprint density at radius 3 is 2.75 bits per heavy atom. The second-order valence-corrected chi connectivity index (χ2v) is 8.18. The zero-order chi connectivity index (χ0) is 23.3. The molecule has 1 fully saturated rings. The highest BCUT2D eigenvalue weighted by Crippen LogP contribution is 2.38. The third-order valence-corrected chi connectivity index (χ3v) is 6.35. The lowest BCUT2D eigenvalue weighted by molar-refractivity contribution is -0.130. The lowest BCUT2D eigenvalue weighted by Crippen LogP contribution is -2.45. The van der Waals surface area contributed by atoms with Crippen LogP contribution in [-0.2, 0) is 10.2 Å². The van der Waals surface area contributed by atoms with Crippen LogP contribution in [0.15, 0.2) is 45.1 Å². The van der Waals surface area contributed by atoms with E-state index < -0.39 is 5.41 Å². The van der Waals surface area contributed by atoms with E-state index >= 15 is 0 Å². The molecule has 0 aliphatic carbocycles. The summed E-state index contributed by atoms with van der Waals surface area (Å²) in [7, 11) is 1.54. The van der Waals surface area contributed by atoms with Crippen molar-refractivity contribution in [3.05, 3.63) is 52.2 Å². The molecule has 2 heterocycles. The van der Waals surface area contributed by atoms with Crippen LogP contribution in [0.4, 0.5) is 0 Å². The number of aromatic nitrogens is 1. The van der Waals surface area contributed by atoms with Gasteiger partial charge in [-0.2, -0.15) is 5.26 Å². The molecule has 10 heteroatoms. The van der Waals surface area contributed by atoms with Gasteiger partial charge in [-0.15, -0.1) is 0 Å². The minimum Gasteiger partial charge on any atom is -0.495 e. The van der Waals surface area contributed by atoms with Crippen molar-refractivity contribution in [3.63, 3.8) is 0 Å². The molecule has 32 heavy (non-hydrogen) atoms. The zero-order valence-corrected chi connectivity index (χ0v) is 19.3. The van der Waals surface area contributed by atoms with Crippen molar-refractivity contribution >= 4 is 40.5 Å². The van der Waals surface area contributed by atoms with Gasteiger partial charge in [-0.05, 0) is 37.5 Å². The van der Waals surface area contributed by atoms with E-state index in [1.165, 1.54) is 19.6 Å². The number of nitrogens with two attached hydrogens (primary N) is 1. The molecule has 0 radical (unpaired) electrons. The topological polar surface area (TPSA) is 118 Å². The summed E-state index contributed by atoms with van der Waals surface area (Å²) in [5, 5.41) is 10.6. The average Bonchev–Trinajstić information content (AvgIpc) is 3.36. The summed E-state index contributed by atoms with van der Waals surface area (Å²) in [6, 6.07) is 7.80. The van der Waals surface area contributed by atoms with Crippen molar-refractivity contribution in [1.82, 2.24) is 9.88 Å². The number of carbonyl (C=O) groups excluding carboxylic acids is 1. The molecule has 0 unspecified atom stereocenters. The first-order valence-corrected chi connectivity index (χ1v) is 10.7. The number of allylic oxidation sites excluding steroid dienone is 1. The number of amides is 1. The summed E-state index contributed by atoms with van der Waals surface area (Å²) in [6.45, 7) is 2.47. The highest BCUT2D eigenvalue weighted by atomic mass is 35.5. The fourth-order valence-electron chi connectivity index (χ4n) is 3.56. The van der Waals surface area contributed by atoms with Gasteiger partial charge in [-0.3, -0.25) is 9.79 Å². The number of nitrogens with zero attached hydrogens (tertiary/aromatic N) is 4. The maximum absolute atomic E-state index is 12.7. The third-order valence-electron chi connectivity index (χ3n) is 5.56. The number of carbonyl (C=O) groups is 1. The second kappa shape index (κ2) is 10.1. The quantitative estimate of drug-likeness (QED) is 0.635. The van der Waals surface area contributed by atoms with Crippen molar-refractivity contribution < 1.29 is 13.9 Å². The van der Waals surface area contributed by atoms with E-state index in [1.807, 2.05) is 6.07 Å². The minimum absolute atomic E-state index is 0.0742. The summed E-state index contributed by atoms with van der Waals surface area (Å²) in [6.07, 6.45) is 3.85. The number of piperidine rings is 1. The number of halogens is 2. The molecular weight excluding hydrogens is 453 g/mol. The zero-order valence-electron chi connectivity index (χ0n) is 17.8. The maximum atomic E-state index is 12.7. The normalized spacial score (nSPS) is 16.8. The van der Waals surface area contributed by atoms with Gasteiger partial charge < -0.3 is 19.8 Å². The molecule has 0 saturated carbocycles. The Morgan fingerprint density at radius 2 is 2.16 bits per heavy atom. The highest BCUT2D eigenvalue weighted by Gasteiger charge is 2.38. The molecular formula is C22H23Cl2N5O3. The molecule has 1 aliphatic rings. The van der Waals surface area contributed by atoms with Gasteiger partial charge in [0, 0.05) is 13.1 Å². The summed E-state index contributed by atoms with van der Waals surface area (Å²) in [5.74, 6) is 0.568. The molecule has 0 atom stereocenters. The van der Waals surface area contributed by atoms with E-state index in [0.717, 1.165) is 5.56 Å². The predicted octanol–water partition coefficient (Wildman–Crippen LogP) is 3.75. The predicted molar refractivity (Wildman–Crippen MR) is 123 cm³/mol. The van der Waals surface area contributed by atoms with Crippen LogP contribution in [-0.4, -0.2) is 48.2 Å². The van der Waals surface area contributed by atoms with Crippen LogP contribution in [0.2, 0.25) is 5.02 Å². The first-order chi connectivity index (χ1) is 15.3. The lowest BCUT2D eigenvalue weighted by Gasteiger charge is -2.37. The summed E-state index contributed by atoms with van der Waals surface area (Å²) >= 11 is 12.4. The standard InChI is InChI=1S/C22H23Cl2N5O3/c1-14(19(24)20(26)21-27-7-10-32-21)28-12-18(30)29-8-5-22(13-25,6-9-29)15-3-4-16(23)17(11-15)31-2/h3-4,7,10-11H,5-6,8-9,12,26H2,1-2H3. The number of hydrogen-bond acceptors (Lipinski definition) is 7. The number of methoxy groups -OCH3 is 1. The molecule has 2 N–H and O–H groups in total. The molecule has 1 amide bonds. The van der Waals surface area contributed by atoms with E-state index in [0.29, 0.717) is 42.4 Å². The number of aliphatic imine (C=N–C) groups is 1. The molecule has 168 valence electrons. The SMILES string of the molecule is COc1cc(C2(C#N)CCN(C(=O)CN=C(C)C(Cl)=C(N)c3ncco3)CC2)ccc1Cl. The minimum atomic E-state index is -0.704. The molecule has 1 saturated heterocycles. The first-order valence-electron chi connectivity index (χ1n) is 9.91.